The Kier molecular flexibility index (Phi) is 3.95. The lowest BCUT2D eigenvalue weighted by atomic mass is 9.71. The quantitative estimate of drug-likeness (QED) is 0.516. The summed E-state index contributed by atoms with van der Waals surface area (Å²) in [4.78, 5) is 11.3. The average molecular weight is 210 g/mol. The van der Waals surface area contributed by atoms with Gasteiger partial charge in [0, 0.05) is 6.08 Å². The van der Waals surface area contributed by atoms with Gasteiger partial charge < -0.3 is 4.74 Å². The van der Waals surface area contributed by atoms with Crippen LogP contribution in [-0.2, 0) is 9.53 Å². The summed E-state index contributed by atoms with van der Waals surface area (Å²) in [6.45, 7) is 8.56. The summed E-state index contributed by atoms with van der Waals surface area (Å²) in [5.74, 6) is 0.449. The van der Waals surface area contributed by atoms with Crippen molar-refractivity contribution in [1.82, 2.24) is 0 Å². The van der Waals surface area contributed by atoms with Crippen LogP contribution in [0, 0.1) is 11.3 Å². The lowest BCUT2D eigenvalue weighted by Crippen LogP contribution is -2.33. The number of rotatable bonds is 2. The van der Waals surface area contributed by atoms with Crippen molar-refractivity contribution in [3.63, 3.8) is 0 Å². The van der Waals surface area contributed by atoms with Crippen molar-refractivity contribution in [2.75, 3.05) is 0 Å². The van der Waals surface area contributed by atoms with Gasteiger partial charge in [-0.1, -0.05) is 26.8 Å². The molecule has 0 aromatic carbocycles. The first kappa shape index (κ1) is 12.3. The van der Waals surface area contributed by atoms with Gasteiger partial charge in [-0.15, -0.1) is 0 Å². The SMILES string of the molecule is C/C=C/C(=O)O[C@H]1C[C@@H](C)CC(C)(C)C1. The molecule has 0 saturated heterocycles. The molecule has 0 N–H and O–H groups in total. The molecule has 0 amide bonds. The maximum atomic E-state index is 11.3. The van der Waals surface area contributed by atoms with Crippen molar-refractivity contribution in [3.05, 3.63) is 12.2 Å². The molecule has 15 heavy (non-hydrogen) atoms. The number of allylic oxidation sites excluding steroid dienone is 1. The summed E-state index contributed by atoms with van der Waals surface area (Å²) in [7, 11) is 0. The molecule has 0 aliphatic heterocycles. The van der Waals surface area contributed by atoms with Crippen molar-refractivity contribution in [2.45, 2.75) is 53.1 Å². The van der Waals surface area contributed by atoms with Crippen LogP contribution in [0.5, 0.6) is 0 Å². The second-order valence-electron chi connectivity index (χ2n) is 5.47. The highest BCUT2D eigenvalue weighted by Crippen LogP contribution is 2.39. The second-order valence-corrected chi connectivity index (χ2v) is 5.47. The Bertz CT molecular complexity index is 253. The zero-order chi connectivity index (χ0) is 11.5. The predicted octanol–water partition coefficient (Wildman–Crippen LogP) is 3.32. The molecule has 2 nitrogen and oxygen atoms in total. The lowest BCUT2D eigenvalue weighted by molar-refractivity contribution is -0.147. The molecule has 1 saturated carbocycles. The van der Waals surface area contributed by atoms with Gasteiger partial charge >= 0.3 is 5.97 Å². The molecule has 0 spiro atoms. The van der Waals surface area contributed by atoms with Crippen LogP contribution in [0.2, 0.25) is 0 Å². The third kappa shape index (κ3) is 4.06. The molecule has 1 aliphatic rings. The van der Waals surface area contributed by atoms with Gasteiger partial charge in [0.25, 0.3) is 0 Å². The summed E-state index contributed by atoms with van der Waals surface area (Å²) in [5, 5.41) is 0. The highest BCUT2D eigenvalue weighted by molar-refractivity contribution is 5.81. The molecule has 0 bridgehead atoms. The molecular formula is C13H22O2. The number of hydrogen-bond donors (Lipinski definition) is 0. The minimum Gasteiger partial charge on any atom is -0.459 e. The minimum absolute atomic E-state index is 0.104. The van der Waals surface area contributed by atoms with Gasteiger partial charge in [-0.2, -0.15) is 0 Å². The Morgan fingerprint density at radius 3 is 2.60 bits per heavy atom. The highest BCUT2D eigenvalue weighted by atomic mass is 16.5. The fourth-order valence-corrected chi connectivity index (χ4v) is 2.69. The van der Waals surface area contributed by atoms with Gasteiger partial charge in [-0.3, -0.25) is 0 Å². The van der Waals surface area contributed by atoms with E-state index in [1.165, 1.54) is 12.5 Å². The normalized spacial score (nSPS) is 30.4. The molecule has 0 unspecified atom stereocenters. The zero-order valence-corrected chi connectivity index (χ0v) is 10.2. The Morgan fingerprint density at radius 1 is 1.40 bits per heavy atom. The van der Waals surface area contributed by atoms with Gasteiger partial charge in [0.2, 0.25) is 0 Å². The summed E-state index contributed by atoms with van der Waals surface area (Å²) in [6, 6.07) is 0. The van der Waals surface area contributed by atoms with Crippen LogP contribution in [-0.4, -0.2) is 12.1 Å². The van der Waals surface area contributed by atoms with Crippen LogP contribution >= 0.6 is 0 Å². The topological polar surface area (TPSA) is 26.3 Å². The van der Waals surface area contributed by atoms with Gasteiger partial charge in [0.15, 0.2) is 0 Å². The fraction of sp³-hybridized carbons (Fsp3) is 0.769. The largest absolute Gasteiger partial charge is 0.459 e. The van der Waals surface area contributed by atoms with Crippen LogP contribution in [0.1, 0.15) is 47.0 Å². The van der Waals surface area contributed by atoms with Gasteiger partial charge in [0.1, 0.15) is 6.10 Å². The molecule has 86 valence electrons. The van der Waals surface area contributed by atoms with E-state index in [-0.39, 0.29) is 12.1 Å². The van der Waals surface area contributed by atoms with Crippen LogP contribution in [0.3, 0.4) is 0 Å². The molecular weight excluding hydrogens is 188 g/mol. The van der Waals surface area contributed by atoms with Crippen molar-refractivity contribution >= 4 is 5.97 Å². The maximum Gasteiger partial charge on any atom is 0.330 e. The number of esters is 1. The number of carbonyl (C=O) groups excluding carboxylic acids is 1. The molecule has 0 radical (unpaired) electrons. The number of hydrogen-bond acceptors (Lipinski definition) is 2. The predicted molar refractivity (Wildman–Crippen MR) is 61.5 cm³/mol. The summed E-state index contributed by atoms with van der Waals surface area (Å²) in [6.07, 6.45) is 6.54. The molecule has 1 fully saturated rings. The number of ether oxygens (including phenoxy) is 1. The van der Waals surface area contributed by atoms with E-state index >= 15 is 0 Å². The Labute approximate surface area is 92.7 Å². The lowest BCUT2D eigenvalue weighted by Gasteiger charge is -2.38. The van der Waals surface area contributed by atoms with Crippen LogP contribution in [0.4, 0.5) is 0 Å². The Hall–Kier alpha value is -0.790. The van der Waals surface area contributed by atoms with E-state index in [2.05, 4.69) is 20.8 Å². The van der Waals surface area contributed by atoms with Gasteiger partial charge in [-0.05, 0) is 37.5 Å². The van der Waals surface area contributed by atoms with Crippen molar-refractivity contribution in [1.29, 1.82) is 0 Å². The molecule has 0 aromatic rings. The van der Waals surface area contributed by atoms with Crippen molar-refractivity contribution in [2.24, 2.45) is 11.3 Å². The number of carbonyl (C=O) groups is 1. The third-order valence-electron chi connectivity index (χ3n) is 2.93. The van der Waals surface area contributed by atoms with E-state index < -0.39 is 0 Å². The zero-order valence-electron chi connectivity index (χ0n) is 10.2. The monoisotopic (exact) mass is 210 g/mol. The first-order valence-electron chi connectivity index (χ1n) is 5.76. The summed E-state index contributed by atoms with van der Waals surface area (Å²) < 4.78 is 5.41. The average Bonchev–Trinajstić information content (AvgIpc) is 1.99. The Balaban J connectivity index is 2.52. The van der Waals surface area contributed by atoms with Crippen LogP contribution in [0.25, 0.3) is 0 Å². The molecule has 2 atom stereocenters. The van der Waals surface area contributed by atoms with E-state index in [1.807, 2.05) is 6.92 Å². The van der Waals surface area contributed by atoms with E-state index in [9.17, 15) is 4.79 Å². The first-order valence-corrected chi connectivity index (χ1v) is 5.76. The highest BCUT2D eigenvalue weighted by Gasteiger charge is 2.33. The van der Waals surface area contributed by atoms with Gasteiger partial charge in [-0.25, -0.2) is 4.79 Å². The fourth-order valence-electron chi connectivity index (χ4n) is 2.69. The molecule has 2 heteroatoms. The van der Waals surface area contributed by atoms with Crippen molar-refractivity contribution < 1.29 is 9.53 Å². The maximum absolute atomic E-state index is 11.3. The molecule has 0 heterocycles. The first-order chi connectivity index (χ1) is 6.93. The second kappa shape index (κ2) is 4.82. The summed E-state index contributed by atoms with van der Waals surface area (Å²) in [5.41, 5.74) is 0.304. The molecule has 1 rings (SSSR count). The van der Waals surface area contributed by atoms with E-state index in [0.29, 0.717) is 11.3 Å². The standard InChI is InChI=1S/C13H22O2/c1-5-6-12(14)15-11-7-10(2)8-13(3,4)9-11/h5-6,10-11H,7-9H2,1-4H3/b6-5+/t10-,11+/m1/s1. The minimum atomic E-state index is -0.201. The Morgan fingerprint density at radius 2 is 2.07 bits per heavy atom. The van der Waals surface area contributed by atoms with Crippen LogP contribution < -0.4 is 0 Å². The van der Waals surface area contributed by atoms with E-state index in [1.54, 1.807) is 6.08 Å². The van der Waals surface area contributed by atoms with Crippen LogP contribution in [0.15, 0.2) is 12.2 Å². The molecule has 0 aromatic heterocycles. The van der Waals surface area contributed by atoms with Gasteiger partial charge in [0.05, 0.1) is 0 Å². The van der Waals surface area contributed by atoms with E-state index in [4.69, 9.17) is 4.74 Å². The molecule has 1 aliphatic carbocycles. The van der Waals surface area contributed by atoms with Crippen molar-refractivity contribution in [3.8, 4) is 0 Å². The smallest absolute Gasteiger partial charge is 0.330 e. The summed E-state index contributed by atoms with van der Waals surface area (Å²) >= 11 is 0. The third-order valence-corrected chi connectivity index (χ3v) is 2.93. The van der Waals surface area contributed by atoms with E-state index in [0.717, 1.165) is 12.8 Å².